The molecule has 2 aromatic rings. The lowest BCUT2D eigenvalue weighted by molar-refractivity contribution is -0.146. The number of pyridine rings is 1. The number of halogens is 2. The maximum absolute atomic E-state index is 13.7. The van der Waals surface area contributed by atoms with Gasteiger partial charge in [0.15, 0.2) is 0 Å². The first-order valence-electron chi connectivity index (χ1n) is 11.4. The van der Waals surface area contributed by atoms with E-state index in [9.17, 15) is 28.3 Å². The second-order valence-electron chi connectivity index (χ2n) is 9.17. The normalized spacial score (nSPS) is 15.4. The molecule has 1 atom stereocenters. The van der Waals surface area contributed by atoms with Crippen LogP contribution in [0.2, 0.25) is 0 Å². The molecule has 3 N–H and O–H groups in total. The van der Waals surface area contributed by atoms with Crippen molar-refractivity contribution in [3.8, 4) is 5.88 Å². The van der Waals surface area contributed by atoms with Crippen LogP contribution in [0.4, 0.5) is 14.5 Å². The number of hydrogen-bond acceptors (Lipinski definition) is 6. The topological polar surface area (TPSA) is 129 Å². The van der Waals surface area contributed by atoms with Crippen LogP contribution in [0.1, 0.15) is 49.4 Å². The number of nitrogens with zero attached hydrogens (tertiary/aromatic N) is 2. The van der Waals surface area contributed by atoms with Gasteiger partial charge in [-0.3, -0.25) is 14.4 Å². The minimum absolute atomic E-state index is 0.0334. The molecule has 0 radical (unpaired) electrons. The van der Waals surface area contributed by atoms with Crippen LogP contribution in [0.3, 0.4) is 0 Å². The third kappa shape index (κ3) is 5.96. The van der Waals surface area contributed by atoms with Crippen molar-refractivity contribution >= 4 is 23.5 Å². The van der Waals surface area contributed by atoms with E-state index in [-0.39, 0.29) is 24.7 Å². The summed E-state index contributed by atoms with van der Waals surface area (Å²) < 4.78 is 30.4. The Hall–Kier alpha value is -3.60. The van der Waals surface area contributed by atoms with Gasteiger partial charge in [0, 0.05) is 18.8 Å². The molecule has 0 saturated carbocycles. The minimum atomic E-state index is -3.14. The molecule has 11 heteroatoms. The zero-order valence-electron chi connectivity index (χ0n) is 20.2. The quantitative estimate of drug-likeness (QED) is 0.453. The number of likely N-dealkylation sites (tertiary alicyclic amines) is 1. The van der Waals surface area contributed by atoms with Crippen molar-refractivity contribution in [2.75, 3.05) is 18.4 Å². The van der Waals surface area contributed by atoms with E-state index in [2.05, 4.69) is 15.0 Å². The molecule has 2 amide bonds. The highest BCUT2D eigenvalue weighted by atomic mass is 19.3. The van der Waals surface area contributed by atoms with Crippen LogP contribution < -0.4 is 10.1 Å². The summed E-state index contributed by atoms with van der Waals surface area (Å²) in [7, 11) is 0. The monoisotopic (exact) mass is 505 g/mol. The number of nitrogens with one attached hydrogen (secondary N) is 1. The van der Waals surface area contributed by atoms with E-state index in [1.807, 2.05) is 26.0 Å². The first-order chi connectivity index (χ1) is 16.9. The zero-order chi connectivity index (χ0) is 26.6. The molecule has 36 heavy (non-hydrogen) atoms. The smallest absolute Gasteiger partial charge is 0.388 e. The van der Waals surface area contributed by atoms with Gasteiger partial charge in [-0.25, -0.2) is 4.98 Å². The molecule has 1 aromatic carbocycles. The third-order valence-corrected chi connectivity index (χ3v) is 6.08. The second-order valence-corrected chi connectivity index (χ2v) is 9.17. The molecule has 0 bridgehead atoms. The van der Waals surface area contributed by atoms with E-state index < -0.39 is 54.6 Å². The van der Waals surface area contributed by atoms with Gasteiger partial charge in [0.05, 0.1) is 18.9 Å². The van der Waals surface area contributed by atoms with Gasteiger partial charge in [-0.05, 0) is 36.1 Å². The van der Waals surface area contributed by atoms with Crippen molar-refractivity contribution in [2.24, 2.45) is 0 Å². The lowest BCUT2D eigenvalue weighted by Crippen LogP contribution is -2.66. The molecule has 0 unspecified atom stereocenters. The second kappa shape index (κ2) is 11.0. The summed E-state index contributed by atoms with van der Waals surface area (Å²) in [6.07, 6.45) is -2.33. The summed E-state index contributed by atoms with van der Waals surface area (Å²) >= 11 is 0. The number of carboxylic acid groups (broad SMARTS) is 1. The van der Waals surface area contributed by atoms with Crippen molar-refractivity contribution in [1.82, 2.24) is 9.88 Å². The number of hydrogen-bond donors (Lipinski definition) is 3. The van der Waals surface area contributed by atoms with Crippen LogP contribution in [-0.4, -0.2) is 63.7 Å². The number of ether oxygens (including phenoxy) is 1. The Labute approximate surface area is 207 Å². The van der Waals surface area contributed by atoms with Gasteiger partial charge in [0.1, 0.15) is 11.1 Å². The fourth-order valence-electron chi connectivity index (χ4n) is 4.30. The van der Waals surface area contributed by atoms with Crippen molar-refractivity contribution in [3.63, 3.8) is 0 Å². The number of carboxylic acids is 1. The molecule has 3 rings (SSSR count). The lowest BCUT2D eigenvalue weighted by Gasteiger charge is -2.50. The zero-order valence-corrected chi connectivity index (χ0v) is 20.2. The summed E-state index contributed by atoms with van der Waals surface area (Å²) in [5, 5.41) is 21.3. The van der Waals surface area contributed by atoms with Crippen LogP contribution in [0.5, 0.6) is 5.88 Å². The largest absolute Gasteiger partial charge is 0.481 e. The number of carbonyl (C=O) groups excluding carboxylic acids is 2. The number of aliphatic hydroxyl groups is 1. The van der Waals surface area contributed by atoms with Gasteiger partial charge in [-0.1, -0.05) is 38.1 Å². The number of amides is 2. The fourth-order valence-corrected chi connectivity index (χ4v) is 4.30. The fraction of sp³-hybridized carbons (Fsp3) is 0.440. The molecule has 1 aromatic heterocycles. The van der Waals surface area contributed by atoms with Crippen LogP contribution in [0, 0.1) is 6.92 Å². The highest BCUT2D eigenvalue weighted by molar-refractivity contribution is 6.02. The number of aryl methyl sites for hydroxylation is 1. The first-order valence-corrected chi connectivity index (χ1v) is 11.4. The van der Waals surface area contributed by atoms with Crippen molar-refractivity contribution in [2.45, 2.75) is 57.7 Å². The molecule has 0 aliphatic carbocycles. The average molecular weight is 506 g/mol. The van der Waals surface area contributed by atoms with E-state index in [1.54, 1.807) is 25.1 Å². The van der Waals surface area contributed by atoms with Crippen molar-refractivity contribution < 1.29 is 38.1 Å². The summed E-state index contributed by atoms with van der Waals surface area (Å²) in [5.41, 5.74) is 0.750. The predicted octanol–water partition coefficient (Wildman–Crippen LogP) is 3.06. The first kappa shape index (κ1) is 27.0. The van der Waals surface area contributed by atoms with Crippen LogP contribution >= 0.6 is 0 Å². The number of benzene rings is 1. The molecule has 1 aliphatic rings. The minimum Gasteiger partial charge on any atom is -0.481 e. The standard InChI is InChI=1S/C25H29F2N3O6/c1-14(2)17-6-4-5-7-18(17)25(12-30(13-25)20(32)10-16(31)11-21(33)34)23(35)29-19-9-8-15(3)28-22(19)36-24(26)27/h4-9,14,16,24,31H,10-13H2,1-3H3,(H,29,35)(H,33,34)/t16-/m1/s1. The van der Waals surface area contributed by atoms with Gasteiger partial charge >= 0.3 is 12.6 Å². The van der Waals surface area contributed by atoms with E-state index in [4.69, 9.17) is 5.11 Å². The van der Waals surface area contributed by atoms with E-state index in [1.165, 1.54) is 11.0 Å². The van der Waals surface area contributed by atoms with E-state index in [0.717, 1.165) is 5.56 Å². The number of aromatic nitrogens is 1. The third-order valence-electron chi connectivity index (χ3n) is 6.08. The molecule has 1 saturated heterocycles. The van der Waals surface area contributed by atoms with Gasteiger partial charge in [0.25, 0.3) is 0 Å². The highest BCUT2D eigenvalue weighted by Gasteiger charge is 2.53. The molecule has 194 valence electrons. The Morgan fingerprint density at radius 3 is 2.42 bits per heavy atom. The van der Waals surface area contributed by atoms with Crippen LogP contribution in [0.25, 0.3) is 0 Å². The van der Waals surface area contributed by atoms with Gasteiger partial charge in [-0.15, -0.1) is 0 Å². The maximum Gasteiger partial charge on any atom is 0.388 e. The van der Waals surface area contributed by atoms with E-state index in [0.29, 0.717) is 11.3 Å². The number of alkyl halides is 2. The van der Waals surface area contributed by atoms with Crippen molar-refractivity contribution in [1.29, 1.82) is 0 Å². The Balaban J connectivity index is 1.92. The van der Waals surface area contributed by atoms with Crippen molar-refractivity contribution in [3.05, 3.63) is 53.2 Å². The number of rotatable bonds is 10. The average Bonchev–Trinajstić information content (AvgIpc) is 2.74. The van der Waals surface area contributed by atoms with Crippen LogP contribution in [-0.2, 0) is 19.8 Å². The molecule has 1 fully saturated rings. The molecular weight excluding hydrogens is 476 g/mol. The molecule has 0 spiro atoms. The van der Waals surface area contributed by atoms with Gasteiger partial charge in [0.2, 0.25) is 17.7 Å². The summed E-state index contributed by atoms with van der Waals surface area (Å²) in [4.78, 5) is 42.5. The van der Waals surface area contributed by atoms with Gasteiger partial charge < -0.3 is 25.2 Å². The van der Waals surface area contributed by atoms with Crippen LogP contribution in [0.15, 0.2) is 36.4 Å². The van der Waals surface area contributed by atoms with Gasteiger partial charge in [-0.2, -0.15) is 8.78 Å². The number of aliphatic carboxylic acids is 1. The number of aliphatic hydroxyl groups excluding tert-OH is 1. The van der Waals surface area contributed by atoms with E-state index >= 15 is 0 Å². The lowest BCUT2D eigenvalue weighted by atomic mass is 9.69. The molecule has 1 aliphatic heterocycles. The Morgan fingerprint density at radius 2 is 1.81 bits per heavy atom. The number of carbonyl (C=O) groups is 3. The predicted molar refractivity (Wildman–Crippen MR) is 126 cm³/mol. The SMILES string of the molecule is Cc1ccc(NC(=O)C2(c3ccccc3C(C)C)CN(C(=O)C[C@@H](O)CC(=O)O)C2)c(OC(F)F)n1. The Bertz CT molecular complexity index is 1130. The highest BCUT2D eigenvalue weighted by Crippen LogP contribution is 2.41. The number of anilines is 1. The molecule has 9 nitrogen and oxygen atoms in total. The molecule has 2 heterocycles. The summed E-state index contributed by atoms with van der Waals surface area (Å²) in [6, 6.07) is 10.3. The maximum atomic E-state index is 13.7. The Morgan fingerprint density at radius 1 is 1.14 bits per heavy atom. The summed E-state index contributed by atoms with van der Waals surface area (Å²) in [6.45, 7) is 2.31. The summed E-state index contributed by atoms with van der Waals surface area (Å²) in [5.74, 6) is -2.63. The molecular formula is C25H29F2N3O6. The Kier molecular flexibility index (Phi) is 8.24.